The highest BCUT2D eigenvalue weighted by atomic mass is 19.2. The summed E-state index contributed by atoms with van der Waals surface area (Å²) in [5, 5.41) is 0. The SMILES string of the molecule is FC1CCC(CCC2CCC(F)C(F)C2)CC1F. The van der Waals surface area contributed by atoms with Crippen molar-refractivity contribution in [3.63, 3.8) is 0 Å². The van der Waals surface area contributed by atoms with Gasteiger partial charge in [-0.3, -0.25) is 0 Å². The highest BCUT2D eigenvalue weighted by molar-refractivity contribution is 4.83. The van der Waals surface area contributed by atoms with E-state index in [0.717, 1.165) is 25.7 Å². The second-order valence-corrected chi connectivity index (χ2v) is 6.00. The van der Waals surface area contributed by atoms with Crippen LogP contribution in [0.25, 0.3) is 0 Å². The van der Waals surface area contributed by atoms with E-state index in [1.807, 2.05) is 0 Å². The summed E-state index contributed by atoms with van der Waals surface area (Å²) >= 11 is 0. The zero-order valence-corrected chi connectivity index (χ0v) is 10.6. The number of halogens is 4. The largest absolute Gasteiger partial charge is 0.244 e. The Kier molecular flexibility index (Phi) is 4.91. The Bertz CT molecular complexity index is 232. The maximum absolute atomic E-state index is 13.2. The first kappa shape index (κ1) is 14.1. The van der Waals surface area contributed by atoms with E-state index in [0.29, 0.717) is 25.7 Å². The van der Waals surface area contributed by atoms with Crippen LogP contribution in [0.15, 0.2) is 0 Å². The molecule has 2 aliphatic rings. The molecule has 0 aromatic rings. The van der Waals surface area contributed by atoms with Gasteiger partial charge in [-0.2, -0.15) is 0 Å². The van der Waals surface area contributed by atoms with Crippen LogP contribution in [0.5, 0.6) is 0 Å². The third kappa shape index (κ3) is 3.61. The maximum Gasteiger partial charge on any atom is 0.131 e. The van der Waals surface area contributed by atoms with Crippen LogP contribution in [0.1, 0.15) is 51.4 Å². The topological polar surface area (TPSA) is 0 Å². The van der Waals surface area contributed by atoms with E-state index < -0.39 is 24.7 Å². The average Bonchev–Trinajstić information content (AvgIpc) is 2.35. The van der Waals surface area contributed by atoms with Crippen molar-refractivity contribution in [1.29, 1.82) is 0 Å². The molecule has 4 heteroatoms. The fourth-order valence-electron chi connectivity index (χ4n) is 3.32. The van der Waals surface area contributed by atoms with Crippen LogP contribution >= 0.6 is 0 Å². The summed E-state index contributed by atoms with van der Waals surface area (Å²) in [7, 11) is 0. The van der Waals surface area contributed by atoms with Gasteiger partial charge in [-0.05, 0) is 50.4 Å². The van der Waals surface area contributed by atoms with Crippen molar-refractivity contribution in [3.05, 3.63) is 0 Å². The van der Waals surface area contributed by atoms with Crippen LogP contribution in [0, 0.1) is 11.8 Å². The zero-order valence-electron chi connectivity index (χ0n) is 10.6. The zero-order chi connectivity index (χ0) is 13.1. The van der Waals surface area contributed by atoms with E-state index in [2.05, 4.69) is 0 Å². The third-order valence-electron chi connectivity index (χ3n) is 4.59. The Morgan fingerprint density at radius 1 is 0.556 bits per heavy atom. The molecule has 0 nitrogen and oxygen atoms in total. The molecular weight excluding hydrogens is 244 g/mol. The Labute approximate surface area is 106 Å². The van der Waals surface area contributed by atoms with E-state index in [1.165, 1.54) is 0 Å². The monoisotopic (exact) mass is 266 g/mol. The van der Waals surface area contributed by atoms with Gasteiger partial charge in [0, 0.05) is 0 Å². The highest BCUT2D eigenvalue weighted by Crippen LogP contribution is 2.36. The molecule has 2 fully saturated rings. The molecule has 18 heavy (non-hydrogen) atoms. The van der Waals surface area contributed by atoms with Crippen molar-refractivity contribution >= 4 is 0 Å². The average molecular weight is 266 g/mol. The van der Waals surface area contributed by atoms with Crippen molar-refractivity contribution in [2.45, 2.75) is 76.1 Å². The third-order valence-corrected chi connectivity index (χ3v) is 4.59. The fourth-order valence-corrected chi connectivity index (χ4v) is 3.32. The molecule has 6 atom stereocenters. The molecule has 0 heterocycles. The van der Waals surface area contributed by atoms with Crippen LogP contribution in [-0.2, 0) is 0 Å². The standard InChI is InChI=1S/C14H22F4/c15-11-5-3-9(7-13(11)17)1-2-10-4-6-12(16)14(18)8-10/h9-14H,1-8H2. The van der Waals surface area contributed by atoms with Crippen LogP contribution in [0.2, 0.25) is 0 Å². The molecule has 2 rings (SSSR count). The summed E-state index contributed by atoms with van der Waals surface area (Å²) < 4.78 is 52.4. The normalized spacial score (nSPS) is 46.0. The Hall–Kier alpha value is -0.280. The molecule has 2 saturated carbocycles. The summed E-state index contributed by atoms with van der Waals surface area (Å²) in [6.07, 6.45) is -0.849. The van der Waals surface area contributed by atoms with Gasteiger partial charge in [0.15, 0.2) is 0 Å². The lowest BCUT2D eigenvalue weighted by Crippen LogP contribution is -2.29. The minimum absolute atomic E-state index is 0.230. The highest BCUT2D eigenvalue weighted by Gasteiger charge is 2.33. The van der Waals surface area contributed by atoms with Gasteiger partial charge in [0.25, 0.3) is 0 Å². The van der Waals surface area contributed by atoms with Gasteiger partial charge in [0.2, 0.25) is 0 Å². The van der Waals surface area contributed by atoms with Crippen LogP contribution in [0.3, 0.4) is 0 Å². The summed E-state index contributed by atoms with van der Waals surface area (Å²) in [5.41, 5.74) is 0. The molecule has 0 aromatic heterocycles. The van der Waals surface area contributed by atoms with Crippen LogP contribution < -0.4 is 0 Å². The molecule has 106 valence electrons. The van der Waals surface area contributed by atoms with Gasteiger partial charge in [-0.1, -0.05) is 12.8 Å². The lowest BCUT2D eigenvalue weighted by Gasteiger charge is -2.31. The van der Waals surface area contributed by atoms with E-state index >= 15 is 0 Å². The molecule has 0 bridgehead atoms. The van der Waals surface area contributed by atoms with Crippen LogP contribution in [-0.4, -0.2) is 24.7 Å². The van der Waals surface area contributed by atoms with Crippen molar-refractivity contribution in [1.82, 2.24) is 0 Å². The minimum Gasteiger partial charge on any atom is -0.244 e. The van der Waals surface area contributed by atoms with Crippen LogP contribution in [0.4, 0.5) is 17.6 Å². The summed E-state index contributed by atoms with van der Waals surface area (Å²) in [6.45, 7) is 0. The van der Waals surface area contributed by atoms with E-state index in [4.69, 9.17) is 0 Å². The molecule has 0 spiro atoms. The Balaban J connectivity index is 1.69. The van der Waals surface area contributed by atoms with E-state index in [1.54, 1.807) is 0 Å². The molecule has 6 unspecified atom stereocenters. The smallest absolute Gasteiger partial charge is 0.131 e. The number of alkyl halides is 4. The molecule has 2 aliphatic carbocycles. The second-order valence-electron chi connectivity index (χ2n) is 6.00. The lowest BCUT2D eigenvalue weighted by atomic mass is 9.78. The second kappa shape index (κ2) is 6.25. The Morgan fingerprint density at radius 2 is 0.944 bits per heavy atom. The molecular formula is C14H22F4. The first-order valence-corrected chi connectivity index (χ1v) is 7.12. The predicted molar refractivity (Wildman–Crippen MR) is 63.5 cm³/mol. The maximum atomic E-state index is 13.2. The molecule has 0 saturated heterocycles. The van der Waals surface area contributed by atoms with Gasteiger partial charge in [0.1, 0.15) is 24.7 Å². The van der Waals surface area contributed by atoms with Gasteiger partial charge in [0.05, 0.1) is 0 Å². The fraction of sp³-hybridized carbons (Fsp3) is 1.00. The van der Waals surface area contributed by atoms with Crippen molar-refractivity contribution in [3.8, 4) is 0 Å². The Morgan fingerprint density at radius 3 is 1.28 bits per heavy atom. The van der Waals surface area contributed by atoms with Gasteiger partial charge >= 0.3 is 0 Å². The molecule has 0 amide bonds. The molecule has 0 aliphatic heterocycles. The molecule has 0 radical (unpaired) electrons. The predicted octanol–water partition coefficient (Wildman–Crippen LogP) is 4.72. The van der Waals surface area contributed by atoms with Gasteiger partial charge in [-0.25, -0.2) is 17.6 Å². The van der Waals surface area contributed by atoms with E-state index in [9.17, 15) is 17.6 Å². The quantitative estimate of drug-likeness (QED) is 0.648. The van der Waals surface area contributed by atoms with Crippen molar-refractivity contribution in [2.75, 3.05) is 0 Å². The van der Waals surface area contributed by atoms with Gasteiger partial charge in [-0.15, -0.1) is 0 Å². The van der Waals surface area contributed by atoms with Crippen molar-refractivity contribution < 1.29 is 17.6 Å². The minimum atomic E-state index is -1.32. The lowest BCUT2D eigenvalue weighted by molar-refractivity contribution is 0.0697. The summed E-state index contributed by atoms with van der Waals surface area (Å²) in [6, 6.07) is 0. The summed E-state index contributed by atoms with van der Waals surface area (Å²) in [5.74, 6) is 0.460. The van der Waals surface area contributed by atoms with Crippen molar-refractivity contribution in [2.24, 2.45) is 11.8 Å². The number of hydrogen-bond donors (Lipinski definition) is 0. The molecule has 0 aromatic carbocycles. The van der Waals surface area contributed by atoms with E-state index in [-0.39, 0.29) is 11.8 Å². The first-order chi connectivity index (χ1) is 8.56. The number of hydrogen-bond acceptors (Lipinski definition) is 0. The first-order valence-electron chi connectivity index (χ1n) is 7.12. The summed E-state index contributed by atoms with van der Waals surface area (Å²) in [4.78, 5) is 0. The molecule has 0 N–H and O–H groups in total. The number of rotatable bonds is 3. The van der Waals surface area contributed by atoms with Gasteiger partial charge < -0.3 is 0 Å².